The minimum absolute atomic E-state index is 0.0863. The molecule has 0 radical (unpaired) electrons. The molecule has 2 heterocycles. The van der Waals surface area contributed by atoms with Crippen LogP contribution in [-0.2, 0) is 0 Å². The Morgan fingerprint density at radius 3 is 3.14 bits per heavy atom. The number of hydrogen-bond acceptors (Lipinski definition) is 5. The van der Waals surface area contributed by atoms with Gasteiger partial charge in [0.2, 0.25) is 0 Å². The van der Waals surface area contributed by atoms with E-state index < -0.39 is 0 Å². The van der Waals surface area contributed by atoms with E-state index in [9.17, 15) is 4.79 Å². The van der Waals surface area contributed by atoms with Crippen molar-refractivity contribution in [3.05, 3.63) is 39.8 Å². The van der Waals surface area contributed by atoms with Gasteiger partial charge in [0.15, 0.2) is 5.13 Å². The van der Waals surface area contributed by atoms with Gasteiger partial charge in [0.05, 0.1) is 12.7 Å². The molecular formula is C15H16BrN3O2S. The van der Waals surface area contributed by atoms with Crippen molar-refractivity contribution in [3.8, 4) is 5.75 Å². The van der Waals surface area contributed by atoms with Crippen LogP contribution in [0.5, 0.6) is 5.75 Å². The van der Waals surface area contributed by atoms with Crippen molar-refractivity contribution in [2.75, 3.05) is 25.1 Å². The molecule has 1 amide bonds. The minimum Gasteiger partial charge on any atom is -0.497 e. The maximum absolute atomic E-state index is 12.5. The number of methoxy groups -OCH3 is 1. The van der Waals surface area contributed by atoms with Gasteiger partial charge in [-0.1, -0.05) is 0 Å². The first-order valence-electron chi connectivity index (χ1n) is 6.96. The number of nitrogens with one attached hydrogen (secondary N) is 1. The quantitative estimate of drug-likeness (QED) is 0.884. The molecule has 1 aliphatic rings. The van der Waals surface area contributed by atoms with E-state index in [1.807, 2.05) is 17.5 Å². The van der Waals surface area contributed by atoms with E-state index in [0.29, 0.717) is 11.3 Å². The van der Waals surface area contributed by atoms with Crippen molar-refractivity contribution in [1.29, 1.82) is 0 Å². The van der Waals surface area contributed by atoms with Gasteiger partial charge in [-0.25, -0.2) is 4.98 Å². The number of benzene rings is 1. The number of carbonyl (C=O) groups is 1. The number of rotatable bonds is 4. The van der Waals surface area contributed by atoms with Crippen molar-refractivity contribution in [1.82, 2.24) is 10.3 Å². The monoisotopic (exact) mass is 381 g/mol. The van der Waals surface area contributed by atoms with Gasteiger partial charge in [0.1, 0.15) is 5.75 Å². The molecule has 1 aromatic heterocycles. The van der Waals surface area contributed by atoms with Crippen molar-refractivity contribution < 1.29 is 9.53 Å². The fourth-order valence-corrected chi connectivity index (χ4v) is 3.60. The van der Waals surface area contributed by atoms with Crippen LogP contribution in [-0.4, -0.2) is 37.1 Å². The van der Waals surface area contributed by atoms with Gasteiger partial charge < -0.3 is 15.0 Å². The van der Waals surface area contributed by atoms with Crippen molar-refractivity contribution >= 4 is 38.3 Å². The van der Waals surface area contributed by atoms with Gasteiger partial charge in [-0.05, 0) is 40.5 Å². The lowest BCUT2D eigenvalue weighted by molar-refractivity contribution is 0.0939. The summed E-state index contributed by atoms with van der Waals surface area (Å²) in [5.41, 5.74) is 0.590. The molecule has 0 bridgehead atoms. The minimum atomic E-state index is -0.0863. The Morgan fingerprint density at radius 2 is 2.41 bits per heavy atom. The van der Waals surface area contributed by atoms with E-state index in [-0.39, 0.29) is 11.9 Å². The van der Waals surface area contributed by atoms with Gasteiger partial charge in [0, 0.05) is 35.2 Å². The highest BCUT2D eigenvalue weighted by Gasteiger charge is 2.26. The second-order valence-electron chi connectivity index (χ2n) is 5.07. The summed E-state index contributed by atoms with van der Waals surface area (Å²) in [7, 11) is 1.59. The van der Waals surface area contributed by atoms with Crippen LogP contribution in [0.3, 0.4) is 0 Å². The molecule has 1 aliphatic heterocycles. The van der Waals surface area contributed by atoms with E-state index >= 15 is 0 Å². The SMILES string of the molecule is COc1ccc(Br)c(C(=O)N[C@@H]2CCN(c3nccs3)C2)c1. The smallest absolute Gasteiger partial charge is 0.252 e. The Bertz CT molecular complexity index is 663. The number of thiazole rings is 1. The second kappa shape index (κ2) is 6.66. The van der Waals surface area contributed by atoms with E-state index in [1.165, 1.54) is 0 Å². The number of anilines is 1. The molecule has 1 N–H and O–H groups in total. The first kappa shape index (κ1) is 15.3. The van der Waals surface area contributed by atoms with Crippen molar-refractivity contribution in [2.24, 2.45) is 0 Å². The molecule has 2 aromatic rings. The van der Waals surface area contributed by atoms with E-state index in [2.05, 4.69) is 31.1 Å². The standard InChI is InChI=1S/C15H16BrN3O2S/c1-21-11-2-3-13(16)12(8-11)14(20)18-10-4-6-19(9-10)15-17-5-7-22-15/h2-3,5,7-8,10H,4,6,9H2,1H3,(H,18,20)/t10-/m1/s1. The second-order valence-corrected chi connectivity index (χ2v) is 6.79. The number of hydrogen-bond donors (Lipinski definition) is 1. The zero-order valence-corrected chi connectivity index (χ0v) is 14.5. The molecule has 3 rings (SSSR count). The third-order valence-corrected chi connectivity index (χ3v) is 5.16. The fraction of sp³-hybridized carbons (Fsp3) is 0.333. The van der Waals surface area contributed by atoms with Crippen LogP contribution in [0.15, 0.2) is 34.2 Å². The molecule has 22 heavy (non-hydrogen) atoms. The molecular weight excluding hydrogens is 366 g/mol. The van der Waals surface area contributed by atoms with Crippen LogP contribution in [0.2, 0.25) is 0 Å². The summed E-state index contributed by atoms with van der Waals surface area (Å²) in [6.07, 6.45) is 2.73. The van der Waals surface area contributed by atoms with Gasteiger partial charge in [-0.2, -0.15) is 0 Å². The van der Waals surface area contributed by atoms with Crippen LogP contribution < -0.4 is 15.0 Å². The Kier molecular flexibility index (Phi) is 4.63. The Balaban J connectivity index is 1.65. The Labute approximate surface area is 141 Å². The first-order chi connectivity index (χ1) is 10.7. The van der Waals surface area contributed by atoms with Crippen molar-refractivity contribution in [2.45, 2.75) is 12.5 Å². The molecule has 1 atom stereocenters. The number of amides is 1. The van der Waals surface area contributed by atoms with Crippen LogP contribution in [0, 0.1) is 0 Å². The lowest BCUT2D eigenvalue weighted by atomic mass is 10.1. The van der Waals surface area contributed by atoms with Gasteiger partial charge >= 0.3 is 0 Å². The predicted octanol–water partition coefficient (Wildman–Crippen LogP) is 2.92. The number of halogens is 1. The largest absolute Gasteiger partial charge is 0.497 e. The van der Waals surface area contributed by atoms with Gasteiger partial charge in [-0.3, -0.25) is 4.79 Å². The van der Waals surface area contributed by atoms with Gasteiger partial charge in [0.25, 0.3) is 5.91 Å². The predicted molar refractivity (Wildman–Crippen MR) is 90.9 cm³/mol. The normalized spacial score (nSPS) is 17.5. The number of ether oxygens (including phenoxy) is 1. The number of aromatic nitrogens is 1. The average Bonchev–Trinajstić information content (AvgIpc) is 3.18. The van der Waals surface area contributed by atoms with E-state index in [0.717, 1.165) is 29.1 Å². The molecule has 116 valence electrons. The molecule has 5 nitrogen and oxygen atoms in total. The van der Waals surface area contributed by atoms with Crippen LogP contribution in [0.4, 0.5) is 5.13 Å². The zero-order chi connectivity index (χ0) is 15.5. The molecule has 1 aromatic carbocycles. The molecule has 0 aliphatic carbocycles. The summed E-state index contributed by atoms with van der Waals surface area (Å²) in [5, 5.41) is 6.07. The third-order valence-electron chi connectivity index (χ3n) is 3.63. The summed E-state index contributed by atoms with van der Waals surface area (Å²) in [4.78, 5) is 19.0. The first-order valence-corrected chi connectivity index (χ1v) is 8.63. The summed E-state index contributed by atoms with van der Waals surface area (Å²) < 4.78 is 5.94. The summed E-state index contributed by atoms with van der Waals surface area (Å²) in [6, 6.07) is 5.52. The molecule has 0 unspecified atom stereocenters. The maximum Gasteiger partial charge on any atom is 0.252 e. The van der Waals surface area contributed by atoms with Crippen LogP contribution in [0.1, 0.15) is 16.8 Å². The average molecular weight is 382 g/mol. The summed E-state index contributed by atoms with van der Waals surface area (Å²) >= 11 is 5.04. The van der Waals surface area contributed by atoms with Crippen LogP contribution >= 0.6 is 27.3 Å². The molecule has 0 saturated carbocycles. The topological polar surface area (TPSA) is 54.5 Å². The highest BCUT2D eigenvalue weighted by molar-refractivity contribution is 9.10. The molecule has 1 fully saturated rings. The van der Waals surface area contributed by atoms with Gasteiger partial charge in [-0.15, -0.1) is 11.3 Å². The molecule has 0 spiro atoms. The lowest BCUT2D eigenvalue weighted by Gasteiger charge is -2.16. The number of nitrogens with zero attached hydrogens (tertiary/aromatic N) is 2. The number of carbonyl (C=O) groups excluding carboxylic acids is 1. The Hall–Kier alpha value is -1.60. The lowest BCUT2D eigenvalue weighted by Crippen LogP contribution is -2.37. The van der Waals surface area contributed by atoms with E-state index in [4.69, 9.17) is 4.74 Å². The zero-order valence-electron chi connectivity index (χ0n) is 12.1. The highest BCUT2D eigenvalue weighted by atomic mass is 79.9. The van der Waals surface area contributed by atoms with E-state index in [1.54, 1.807) is 30.7 Å². The third kappa shape index (κ3) is 3.25. The molecule has 7 heteroatoms. The highest BCUT2D eigenvalue weighted by Crippen LogP contribution is 2.24. The summed E-state index contributed by atoms with van der Waals surface area (Å²) in [6.45, 7) is 1.71. The van der Waals surface area contributed by atoms with Crippen LogP contribution in [0.25, 0.3) is 0 Å². The fourth-order valence-electron chi connectivity index (χ4n) is 2.49. The molecule has 1 saturated heterocycles. The summed E-state index contributed by atoms with van der Waals surface area (Å²) in [5.74, 6) is 0.584. The Morgan fingerprint density at radius 1 is 1.55 bits per heavy atom. The van der Waals surface area contributed by atoms with Crippen molar-refractivity contribution in [3.63, 3.8) is 0 Å². The maximum atomic E-state index is 12.5.